The summed E-state index contributed by atoms with van der Waals surface area (Å²) in [5.74, 6) is 0.881. The van der Waals surface area contributed by atoms with Crippen LogP contribution < -0.4 is 31.3 Å². The van der Waals surface area contributed by atoms with Crippen LogP contribution in [-0.4, -0.2) is 42.9 Å². The average Bonchev–Trinajstić information content (AvgIpc) is 3.48. The number of aromatic nitrogens is 2. The van der Waals surface area contributed by atoms with Gasteiger partial charge in [-0.25, -0.2) is 0 Å². The Kier molecular flexibility index (Phi) is 6.74. The number of nitrogens with one attached hydrogen (secondary N) is 3. The third-order valence-electron chi connectivity index (χ3n) is 6.28. The van der Waals surface area contributed by atoms with Crippen molar-refractivity contribution < 1.29 is 4.74 Å². The first-order chi connectivity index (χ1) is 16.1. The second-order valence-corrected chi connectivity index (χ2v) is 15.1. The number of halogens is 1. The van der Waals surface area contributed by atoms with Crippen molar-refractivity contribution in [2.75, 3.05) is 33.0 Å². The Hall–Kier alpha value is -2.32. The number of aromatic amines is 2. The van der Waals surface area contributed by atoms with Crippen LogP contribution in [0.25, 0.3) is 17.3 Å². The van der Waals surface area contributed by atoms with Crippen molar-refractivity contribution in [3.05, 3.63) is 74.6 Å². The Morgan fingerprint density at radius 1 is 1.09 bits per heavy atom. The van der Waals surface area contributed by atoms with Crippen LogP contribution in [0, 0.1) is 13.8 Å². The van der Waals surface area contributed by atoms with Crippen molar-refractivity contribution in [1.29, 1.82) is 0 Å². The fraction of sp³-hybridized carbons (Fsp3) is 0.370. The minimum atomic E-state index is -0.854. The zero-order chi connectivity index (χ0) is 22.8. The third-order valence-corrected chi connectivity index (χ3v) is 12.5. The molecule has 6 heteroatoms. The number of fused-ring (bicyclic) bond motifs is 1. The fourth-order valence-electron chi connectivity index (χ4n) is 4.66. The molecule has 5 nitrogen and oxygen atoms in total. The molecular weight excluding hydrogens is 523 g/mol. The summed E-state index contributed by atoms with van der Waals surface area (Å²) in [5, 5.41) is 7.95. The Balaban J connectivity index is 1.61. The Bertz CT molecular complexity index is 1390. The molecule has 0 spiro atoms. The third kappa shape index (κ3) is 4.82. The van der Waals surface area contributed by atoms with Gasteiger partial charge in [0.05, 0.1) is 0 Å². The fourth-order valence-corrected chi connectivity index (χ4v) is 9.87. The summed E-state index contributed by atoms with van der Waals surface area (Å²) in [6, 6.07) is 12.9. The molecule has 33 heavy (non-hydrogen) atoms. The summed E-state index contributed by atoms with van der Waals surface area (Å²) in [5.41, 5.74) is 5.99. The van der Waals surface area contributed by atoms with E-state index in [0.717, 1.165) is 45.3 Å². The maximum absolute atomic E-state index is 6.02. The molecule has 0 aliphatic carbocycles. The number of para-hydroxylation sites is 1. The number of hydrogen-bond donors (Lipinski definition) is 3. The number of benzene rings is 1. The number of hydrogen-bond acceptors (Lipinski definition) is 3. The van der Waals surface area contributed by atoms with E-state index in [0.29, 0.717) is 6.61 Å². The molecule has 5 rings (SSSR count). The second-order valence-electron chi connectivity index (χ2n) is 8.68. The quantitative estimate of drug-likeness (QED) is 0.323. The topological polar surface area (TPSA) is 65.2 Å². The minimum absolute atomic E-state index is 0.631. The van der Waals surface area contributed by atoms with Gasteiger partial charge in [0.25, 0.3) is 0 Å². The predicted octanol–water partition coefficient (Wildman–Crippen LogP) is 2.28. The van der Waals surface area contributed by atoms with Crippen LogP contribution in [-0.2, 0) is 0 Å². The molecule has 2 aromatic heterocycles. The molecule has 1 aromatic carbocycles. The van der Waals surface area contributed by atoms with Crippen molar-refractivity contribution >= 4 is 37.2 Å². The molecule has 3 aromatic rings. The summed E-state index contributed by atoms with van der Waals surface area (Å²) in [6.07, 6.45) is 3.28. The first-order valence-electron chi connectivity index (χ1n) is 11.8. The van der Waals surface area contributed by atoms with E-state index in [9.17, 15) is 0 Å². The molecule has 174 valence electrons. The van der Waals surface area contributed by atoms with Crippen molar-refractivity contribution in [3.8, 4) is 5.75 Å². The van der Waals surface area contributed by atoms with Gasteiger partial charge in [0.1, 0.15) is 0 Å². The number of nitrogens with zero attached hydrogens (tertiary/aromatic N) is 1. The van der Waals surface area contributed by atoms with Gasteiger partial charge in [-0.3, -0.25) is 0 Å². The first kappa shape index (κ1) is 22.5. The van der Waals surface area contributed by atoms with Gasteiger partial charge < -0.3 is 0 Å². The van der Waals surface area contributed by atoms with Gasteiger partial charge >= 0.3 is 203 Å². The Morgan fingerprint density at radius 2 is 1.91 bits per heavy atom. The molecule has 0 radical (unpaired) electrons. The van der Waals surface area contributed by atoms with E-state index in [1.165, 1.54) is 42.7 Å². The van der Waals surface area contributed by atoms with Crippen LogP contribution in [0.5, 0.6) is 5.75 Å². The average molecular weight is 556 g/mol. The summed E-state index contributed by atoms with van der Waals surface area (Å²) < 4.78 is 10.2. The standard InChI is InChI=1S/C27H33IN4O/c1-4-33-26-17-25(31-24(26)16-23-18(2)15-19(3)30-23)27-21(9-10-28-11-13-29-14-12-28)20-7-5-6-8-22(20)32-27/h5-8,15-17,29-31H,4,9-14H2,1-3H3/b24-16-,27-25?. The molecule has 0 amide bonds. The molecule has 2 aliphatic rings. The van der Waals surface area contributed by atoms with Crippen LogP contribution in [0.15, 0.2) is 41.4 Å². The summed E-state index contributed by atoms with van der Waals surface area (Å²) in [4.78, 5) is 12.2. The molecule has 1 fully saturated rings. The SMILES string of the molecule is CCOc1cc(=C2N=c3ccccc3=C2CCI2CCNCC2)[nH]/c1=C\c1[nH]c(C)cc1C. The van der Waals surface area contributed by atoms with Gasteiger partial charge in [-0.1, -0.05) is 0 Å². The van der Waals surface area contributed by atoms with E-state index in [2.05, 4.69) is 71.6 Å². The number of H-pyrrole nitrogens is 2. The number of ether oxygens (including phenoxy) is 1. The van der Waals surface area contributed by atoms with E-state index >= 15 is 0 Å². The first-order valence-corrected chi connectivity index (χ1v) is 16.4. The van der Waals surface area contributed by atoms with Gasteiger partial charge in [-0.2, -0.15) is 0 Å². The zero-order valence-electron chi connectivity index (χ0n) is 19.7. The Labute approximate surface area is 202 Å². The van der Waals surface area contributed by atoms with Crippen LogP contribution in [0.4, 0.5) is 0 Å². The van der Waals surface area contributed by atoms with Gasteiger partial charge in [0.15, 0.2) is 0 Å². The molecular formula is C27H33IN4O. The number of rotatable bonds is 6. The molecule has 3 N–H and O–H groups in total. The molecule has 0 bridgehead atoms. The van der Waals surface area contributed by atoms with E-state index in [1.54, 1.807) is 0 Å². The van der Waals surface area contributed by atoms with Crippen LogP contribution in [0.2, 0.25) is 0 Å². The molecule has 0 unspecified atom stereocenters. The van der Waals surface area contributed by atoms with Gasteiger partial charge in [-0.15, -0.1) is 0 Å². The summed E-state index contributed by atoms with van der Waals surface area (Å²) >= 11 is -0.854. The van der Waals surface area contributed by atoms with Crippen molar-refractivity contribution in [2.45, 2.75) is 27.2 Å². The van der Waals surface area contributed by atoms with Gasteiger partial charge in [-0.05, 0) is 0 Å². The summed E-state index contributed by atoms with van der Waals surface area (Å²) in [6.45, 7) is 9.31. The molecule has 0 atom stereocenters. The molecule has 1 saturated heterocycles. The normalized spacial score (nSPS) is 19.1. The van der Waals surface area contributed by atoms with Crippen LogP contribution in [0.1, 0.15) is 30.3 Å². The van der Waals surface area contributed by atoms with E-state index in [1.807, 2.05) is 6.92 Å². The Morgan fingerprint density at radius 3 is 2.67 bits per heavy atom. The predicted molar refractivity (Wildman–Crippen MR) is 145 cm³/mol. The molecule has 2 aliphatic heterocycles. The van der Waals surface area contributed by atoms with E-state index in [-0.39, 0.29) is 0 Å². The monoisotopic (exact) mass is 556 g/mol. The van der Waals surface area contributed by atoms with E-state index in [4.69, 9.17) is 9.73 Å². The maximum atomic E-state index is 6.02. The number of aryl methyl sites for hydroxylation is 2. The van der Waals surface area contributed by atoms with Crippen molar-refractivity contribution in [2.24, 2.45) is 4.99 Å². The van der Waals surface area contributed by atoms with E-state index < -0.39 is 19.8 Å². The molecule has 4 heterocycles. The summed E-state index contributed by atoms with van der Waals surface area (Å²) in [7, 11) is 0. The van der Waals surface area contributed by atoms with Gasteiger partial charge in [0.2, 0.25) is 0 Å². The van der Waals surface area contributed by atoms with Gasteiger partial charge in [0, 0.05) is 0 Å². The number of alkyl halides is 3. The second kappa shape index (κ2) is 9.89. The van der Waals surface area contributed by atoms with Crippen LogP contribution >= 0.6 is 19.8 Å². The zero-order valence-corrected chi connectivity index (χ0v) is 21.9. The molecule has 0 saturated carbocycles. The van der Waals surface area contributed by atoms with Crippen LogP contribution in [0.3, 0.4) is 0 Å². The van der Waals surface area contributed by atoms with Crippen molar-refractivity contribution in [1.82, 2.24) is 15.3 Å². The van der Waals surface area contributed by atoms with Crippen molar-refractivity contribution in [3.63, 3.8) is 0 Å².